The number of sulfonamides is 1. The van der Waals surface area contributed by atoms with Gasteiger partial charge in [0.2, 0.25) is 15.9 Å². The van der Waals surface area contributed by atoms with Crippen LogP contribution in [0.1, 0.15) is 25.1 Å². The van der Waals surface area contributed by atoms with Crippen LogP contribution in [0, 0.1) is 6.92 Å². The molecular formula is C24H26N4O3S2. The van der Waals surface area contributed by atoms with Crippen LogP contribution >= 0.6 is 11.3 Å². The lowest BCUT2D eigenvalue weighted by Gasteiger charge is -2.20. The smallest absolute Gasteiger partial charge is 0.243 e. The van der Waals surface area contributed by atoms with Crippen LogP contribution in [0.2, 0.25) is 0 Å². The van der Waals surface area contributed by atoms with Gasteiger partial charge < -0.3 is 5.32 Å². The zero-order valence-electron chi connectivity index (χ0n) is 18.8. The normalized spacial score (nSPS) is 11.9. The Labute approximate surface area is 197 Å². The second-order valence-electron chi connectivity index (χ2n) is 7.67. The molecule has 0 aliphatic rings. The van der Waals surface area contributed by atoms with E-state index < -0.39 is 10.0 Å². The fourth-order valence-corrected chi connectivity index (χ4v) is 6.31. The highest BCUT2D eigenvalue weighted by molar-refractivity contribution is 7.89. The van der Waals surface area contributed by atoms with Crippen LogP contribution in [0.25, 0.3) is 16.2 Å². The molecule has 0 radical (unpaired) electrons. The van der Waals surface area contributed by atoms with E-state index in [0.717, 1.165) is 21.9 Å². The van der Waals surface area contributed by atoms with E-state index in [4.69, 9.17) is 0 Å². The van der Waals surface area contributed by atoms with Gasteiger partial charge in [-0.05, 0) is 24.6 Å². The molecule has 2 heterocycles. The largest absolute Gasteiger partial charge is 0.326 e. The van der Waals surface area contributed by atoms with Crippen molar-refractivity contribution in [1.82, 2.24) is 13.7 Å². The summed E-state index contributed by atoms with van der Waals surface area (Å²) in [7, 11) is -3.62. The molecule has 0 aliphatic heterocycles. The number of fused-ring (bicyclic) bond motifs is 1. The second kappa shape index (κ2) is 9.46. The SMILES string of the molecule is CCN(CC)S(=O)(=O)c1cc(NC(=O)Cc2csc3nc(-c4ccccc4)cn23)ccc1C. The monoisotopic (exact) mass is 482 g/mol. The van der Waals surface area contributed by atoms with E-state index in [0.29, 0.717) is 24.3 Å². The van der Waals surface area contributed by atoms with Crippen molar-refractivity contribution < 1.29 is 13.2 Å². The first kappa shape index (κ1) is 23.2. The van der Waals surface area contributed by atoms with Crippen LogP contribution in [-0.2, 0) is 21.2 Å². The molecule has 0 atom stereocenters. The summed E-state index contributed by atoms with van der Waals surface area (Å²) in [6.45, 7) is 6.15. The van der Waals surface area contributed by atoms with Gasteiger partial charge in [-0.25, -0.2) is 13.4 Å². The number of benzene rings is 2. The van der Waals surface area contributed by atoms with Gasteiger partial charge in [0.05, 0.1) is 17.0 Å². The fourth-order valence-electron chi connectivity index (χ4n) is 3.73. The number of amides is 1. The third-order valence-corrected chi connectivity index (χ3v) is 8.57. The molecule has 0 bridgehead atoms. The Bertz CT molecular complexity index is 1390. The number of rotatable bonds is 8. The molecule has 0 spiro atoms. The zero-order valence-corrected chi connectivity index (χ0v) is 20.4. The van der Waals surface area contributed by atoms with E-state index in [2.05, 4.69) is 10.3 Å². The van der Waals surface area contributed by atoms with E-state index in [9.17, 15) is 13.2 Å². The molecule has 4 aromatic rings. The molecule has 172 valence electrons. The lowest BCUT2D eigenvalue weighted by atomic mass is 10.2. The van der Waals surface area contributed by atoms with Crippen LogP contribution in [0.3, 0.4) is 0 Å². The number of anilines is 1. The van der Waals surface area contributed by atoms with Crippen molar-refractivity contribution in [1.29, 1.82) is 0 Å². The number of aryl methyl sites for hydroxylation is 1. The minimum absolute atomic E-state index is 0.149. The second-order valence-corrected chi connectivity index (χ2v) is 10.4. The van der Waals surface area contributed by atoms with Gasteiger partial charge in [0.25, 0.3) is 0 Å². The summed E-state index contributed by atoms with van der Waals surface area (Å²) in [5, 5.41) is 4.77. The minimum atomic E-state index is -3.62. The standard InChI is InChI=1S/C24H26N4O3S2/c1-4-27(5-2)33(30,31)22-13-19(12-11-17(22)3)25-23(29)14-20-16-32-24-26-21(15-28(20)24)18-9-7-6-8-10-18/h6-13,15-16H,4-5,14H2,1-3H3,(H,25,29). The molecule has 9 heteroatoms. The van der Waals surface area contributed by atoms with Crippen molar-refractivity contribution in [2.24, 2.45) is 0 Å². The third kappa shape index (κ3) is 4.71. The summed E-state index contributed by atoms with van der Waals surface area (Å²) < 4.78 is 29.3. The summed E-state index contributed by atoms with van der Waals surface area (Å²) in [5.74, 6) is -0.222. The van der Waals surface area contributed by atoms with E-state index >= 15 is 0 Å². The Morgan fingerprint density at radius 1 is 1.12 bits per heavy atom. The number of imidazole rings is 1. The average Bonchev–Trinajstić information content (AvgIpc) is 3.38. The molecular weight excluding hydrogens is 456 g/mol. The summed E-state index contributed by atoms with van der Waals surface area (Å²) in [5.41, 5.74) is 3.80. The maximum absolute atomic E-state index is 13.0. The van der Waals surface area contributed by atoms with Crippen molar-refractivity contribution in [2.75, 3.05) is 18.4 Å². The Hall–Kier alpha value is -3.01. The summed E-state index contributed by atoms with van der Waals surface area (Å²) in [6, 6.07) is 14.9. The quantitative estimate of drug-likeness (QED) is 0.398. The zero-order chi connectivity index (χ0) is 23.6. The Morgan fingerprint density at radius 2 is 1.85 bits per heavy atom. The Balaban J connectivity index is 1.54. The topological polar surface area (TPSA) is 83.8 Å². The molecule has 33 heavy (non-hydrogen) atoms. The molecule has 7 nitrogen and oxygen atoms in total. The molecule has 1 amide bonds. The van der Waals surface area contributed by atoms with Crippen LogP contribution in [0.15, 0.2) is 65.0 Å². The molecule has 0 unspecified atom stereocenters. The first-order valence-electron chi connectivity index (χ1n) is 10.7. The maximum Gasteiger partial charge on any atom is 0.243 e. The van der Waals surface area contributed by atoms with Crippen molar-refractivity contribution in [3.8, 4) is 11.3 Å². The van der Waals surface area contributed by atoms with Gasteiger partial charge in [0, 0.05) is 41.6 Å². The van der Waals surface area contributed by atoms with Gasteiger partial charge in [-0.15, -0.1) is 11.3 Å². The fraction of sp³-hybridized carbons (Fsp3) is 0.250. The maximum atomic E-state index is 13.0. The summed E-state index contributed by atoms with van der Waals surface area (Å²) >= 11 is 1.48. The highest BCUT2D eigenvalue weighted by atomic mass is 32.2. The number of carbonyl (C=O) groups is 1. The molecule has 0 fully saturated rings. The van der Waals surface area contributed by atoms with Gasteiger partial charge in [-0.1, -0.05) is 50.2 Å². The predicted octanol–water partition coefficient (Wildman–Crippen LogP) is 4.58. The third-order valence-electron chi connectivity index (χ3n) is 5.49. The Kier molecular flexibility index (Phi) is 6.64. The molecule has 0 aliphatic carbocycles. The molecule has 1 N–H and O–H groups in total. The average molecular weight is 483 g/mol. The van der Waals surface area contributed by atoms with Crippen molar-refractivity contribution in [3.05, 3.63) is 71.4 Å². The molecule has 0 saturated heterocycles. The molecule has 4 rings (SSSR count). The van der Waals surface area contributed by atoms with Gasteiger partial charge in [0.15, 0.2) is 4.96 Å². The number of nitrogens with one attached hydrogen (secondary N) is 1. The van der Waals surface area contributed by atoms with Crippen molar-refractivity contribution >= 4 is 37.9 Å². The van der Waals surface area contributed by atoms with Gasteiger partial charge in [-0.3, -0.25) is 9.20 Å². The van der Waals surface area contributed by atoms with Crippen LogP contribution in [0.4, 0.5) is 5.69 Å². The van der Waals surface area contributed by atoms with Crippen LogP contribution in [0.5, 0.6) is 0 Å². The number of aromatic nitrogens is 2. The van der Waals surface area contributed by atoms with Gasteiger partial charge in [-0.2, -0.15) is 4.31 Å². The van der Waals surface area contributed by atoms with Crippen LogP contribution < -0.4 is 5.32 Å². The lowest BCUT2D eigenvalue weighted by molar-refractivity contribution is -0.115. The number of thiazole rings is 1. The van der Waals surface area contributed by atoms with E-state index in [1.807, 2.05) is 60.2 Å². The summed E-state index contributed by atoms with van der Waals surface area (Å²) in [6.07, 6.45) is 2.08. The number of hydrogen-bond donors (Lipinski definition) is 1. The van der Waals surface area contributed by atoms with Crippen molar-refractivity contribution in [2.45, 2.75) is 32.1 Å². The van der Waals surface area contributed by atoms with Crippen molar-refractivity contribution in [3.63, 3.8) is 0 Å². The van der Waals surface area contributed by atoms with E-state index in [-0.39, 0.29) is 17.2 Å². The van der Waals surface area contributed by atoms with E-state index in [1.165, 1.54) is 21.7 Å². The minimum Gasteiger partial charge on any atom is -0.326 e. The van der Waals surface area contributed by atoms with Gasteiger partial charge in [0.1, 0.15) is 0 Å². The first-order valence-corrected chi connectivity index (χ1v) is 13.1. The lowest BCUT2D eigenvalue weighted by Crippen LogP contribution is -2.31. The number of carbonyl (C=O) groups excluding carboxylic acids is 1. The molecule has 2 aromatic heterocycles. The van der Waals surface area contributed by atoms with Crippen LogP contribution in [-0.4, -0.2) is 41.1 Å². The Morgan fingerprint density at radius 3 is 2.55 bits per heavy atom. The van der Waals surface area contributed by atoms with E-state index in [1.54, 1.807) is 19.1 Å². The number of hydrogen-bond acceptors (Lipinski definition) is 5. The first-order chi connectivity index (χ1) is 15.8. The number of nitrogens with zero attached hydrogens (tertiary/aromatic N) is 3. The predicted molar refractivity (Wildman–Crippen MR) is 132 cm³/mol. The highest BCUT2D eigenvalue weighted by Gasteiger charge is 2.24. The van der Waals surface area contributed by atoms with Gasteiger partial charge >= 0.3 is 0 Å². The highest BCUT2D eigenvalue weighted by Crippen LogP contribution is 2.25. The summed E-state index contributed by atoms with van der Waals surface area (Å²) in [4.78, 5) is 18.5. The molecule has 0 saturated carbocycles. The molecule has 2 aromatic carbocycles.